The molecule has 0 aromatic heterocycles. The van der Waals surface area contributed by atoms with Crippen molar-refractivity contribution in [3.05, 3.63) is 59.4 Å². The van der Waals surface area contributed by atoms with Gasteiger partial charge in [0.1, 0.15) is 24.8 Å². The Hall–Kier alpha value is -2.45. The van der Waals surface area contributed by atoms with Crippen molar-refractivity contribution in [2.24, 2.45) is 5.92 Å². The van der Waals surface area contributed by atoms with Crippen LogP contribution in [0.3, 0.4) is 0 Å². The topological polar surface area (TPSA) is 72.9 Å². The van der Waals surface area contributed by atoms with Gasteiger partial charge in [-0.15, -0.1) is 0 Å². The fraction of sp³-hybridized carbons (Fsp3) is 0.409. The molecule has 0 amide bonds. The van der Waals surface area contributed by atoms with Crippen LogP contribution in [0.5, 0.6) is 5.75 Å². The number of carbonyl (C=O) groups excluding carboxylic acids is 1. The maximum absolute atomic E-state index is 13.0. The van der Waals surface area contributed by atoms with Gasteiger partial charge in [-0.25, -0.2) is 12.8 Å². The summed E-state index contributed by atoms with van der Waals surface area (Å²) < 4.78 is 50.6. The Bertz CT molecular complexity index is 963. The van der Waals surface area contributed by atoms with Crippen LogP contribution < -0.4 is 4.74 Å². The number of esters is 1. The van der Waals surface area contributed by atoms with E-state index in [0.717, 1.165) is 29.0 Å². The number of carbonyl (C=O) groups is 1. The average Bonchev–Trinajstić information content (AvgIpc) is 2.71. The number of sulfonamides is 1. The smallest absolute Gasteiger partial charge is 0.309 e. The Balaban J connectivity index is 1.44. The molecule has 1 saturated heterocycles. The van der Waals surface area contributed by atoms with Gasteiger partial charge >= 0.3 is 5.97 Å². The first-order valence-electron chi connectivity index (χ1n) is 9.89. The van der Waals surface area contributed by atoms with Gasteiger partial charge < -0.3 is 9.47 Å². The molecule has 0 bridgehead atoms. The molecule has 0 aliphatic carbocycles. The monoisotopic (exact) mass is 435 g/mol. The first kappa shape index (κ1) is 22.2. The second-order valence-electron chi connectivity index (χ2n) is 7.47. The molecule has 30 heavy (non-hydrogen) atoms. The molecule has 6 nitrogen and oxygen atoms in total. The number of ether oxygens (including phenoxy) is 2. The molecule has 8 heteroatoms. The van der Waals surface area contributed by atoms with Crippen LogP contribution in [-0.2, 0) is 19.6 Å². The lowest BCUT2D eigenvalue weighted by atomic mass is 9.98. The molecule has 2 aromatic carbocycles. The Morgan fingerprint density at radius 2 is 1.63 bits per heavy atom. The quantitative estimate of drug-likeness (QED) is 0.492. The highest BCUT2D eigenvalue weighted by molar-refractivity contribution is 7.89. The fourth-order valence-corrected chi connectivity index (χ4v) is 4.99. The molecular formula is C22H26FNO5S. The predicted octanol–water partition coefficient (Wildman–Crippen LogP) is 3.47. The molecule has 0 saturated carbocycles. The maximum Gasteiger partial charge on any atom is 0.309 e. The zero-order chi connectivity index (χ0) is 21.7. The minimum atomic E-state index is -3.69. The summed E-state index contributed by atoms with van der Waals surface area (Å²) in [5.74, 6) is -0.427. The third-order valence-electron chi connectivity index (χ3n) is 5.03. The Kier molecular flexibility index (Phi) is 7.10. The molecular weight excluding hydrogens is 409 g/mol. The van der Waals surface area contributed by atoms with Gasteiger partial charge in [-0.3, -0.25) is 4.79 Å². The van der Waals surface area contributed by atoms with Crippen LogP contribution >= 0.6 is 0 Å². The number of piperidine rings is 1. The summed E-state index contributed by atoms with van der Waals surface area (Å²) in [7, 11) is -3.69. The minimum Gasteiger partial charge on any atom is -0.490 e. The molecule has 1 fully saturated rings. The van der Waals surface area contributed by atoms with E-state index in [9.17, 15) is 17.6 Å². The normalized spacial score (nSPS) is 15.7. The summed E-state index contributed by atoms with van der Waals surface area (Å²) in [4.78, 5) is 12.3. The molecule has 0 N–H and O–H groups in total. The molecule has 2 aromatic rings. The molecule has 1 aliphatic heterocycles. The summed E-state index contributed by atoms with van der Waals surface area (Å²) in [6.07, 6.45) is 0.772. The van der Waals surface area contributed by atoms with Gasteiger partial charge in [-0.05, 0) is 74.2 Å². The number of hydrogen-bond acceptors (Lipinski definition) is 5. The summed E-state index contributed by atoms with van der Waals surface area (Å²) in [5, 5.41) is 0. The summed E-state index contributed by atoms with van der Waals surface area (Å²) in [6, 6.07) is 10.6. The number of nitrogens with zero attached hydrogens (tertiary/aromatic N) is 1. The van der Waals surface area contributed by atoms with E-state index >= 15 is 0 Å². The van der Waals surface area contributed by atoms with Crippen molar-refractivity contribution in [2.45, 2.75) is 31.6 Å². The first-order chi connectivity index (χ1) is 14.3. The Morgan fingerprint density at radius 1 is 1.03 bits per heavy atom. The number of halogens is 1. The first-order valence-corrected chi connectivity index (χ1v) is 11.3. The van der Waals surface area contributed by atoms with E-state index in [1.807, 2.05) is 26.0 Å². The van der Waals surface area contributed by atoms with E-state index in [4.69, 9.17) is 9.47 Å². The highest BCUT2D eigenvalue weighted by Crippen LogP contribution is 2.25. The molecule has 1 heterocycles. The van der Waals surface area contributed by atoms with Crippen molar-refractivity contribution in [1.82, 2.24) is 4.31 Å². The number of benzene rings is 2. The molecule has 0 spiro atoms. The van der Waals surface area contributed by atoms with Gasteiger partial charge in [0.25, 0.3) is 0 Å². The highest BCUT2D eigenvalue weighted by Gasteiger charge is 2.32. The van der Waals surface area contributed by atoms with Crippen molar-refractivity contribution < 1.29 is 27.1 Å². The van der Waals surface area contributed by atoms with Gasteiger partial charge in [0.05, 0.1) is 10.8 Å². The molecule has 0 unspecified atom stereocenters. The Labute approximate surface area is 176 Å². The van der Waals surface area contributed by atoms with Crippen LogP contribution in [0.2, 0.25) is 0 Å². The van der Waals surface area contributed by atoms with Crippen LogP contribution in [0.1, 0.15) is 24.0 Å². The SMILES string of the molecule is Cc1cc(C)cc(OCCOC(=O)C2CCN(S(=O)(=O)c3ccc(F)cc3)CC2)c1. The number of hydrogen-bond donors (Lipinski definition) is 0. The van der Waals surface area contributed by atoms with Crippen LogP contribution in [0.25, 0.3) is 0 Å². The zero-order valence-electron chi connectivity index (χ0n) is 17.1. The van der Waals surface area contributed by atoms with Gasteiger partial charge in [0.2, 0.25) is 10.0 Å². The van der Waals surface area contributed by atoms with E-state index in [1.54, 1.807) is 0 Å². The third-order valence-corrected chi connectivity index (χ3v) is 6.94. The van der Waals surface area contributed by atoms with Crippen molar-refractivity contribution in [2.75, 3.05) is 26.3 Å². The lowest BCUT2D eigenvalue weighted by molar-refractivity contribution is -0.150. The van der Waals surface area contributed by atoms with E-state index in [0.29, 0.717) is 12.8 Å². The number of aryl methyl sites for hydroxylation is 2. The largest absolute Gasteiger partial charge is 0.490 e. The molecule has 3 rings (SSSR count). The highest BCUT2D eigenvalue weighted by atomic mass is 32.2. The Morgan fingerprint density at radius 3 is 2.23 bits per heavy atom. The zero-order valence-corrected chi connectivity index (χ0v) is 18.0. The van der Waals surface area contributed by atoms with Crippen LogP contribution in [-0.4, -0.2) is 45.0 Å². The van der Waals surface area contributed by atoms with E-state index in [-0.39, 0.29) is 43.1 Å². The lowest BCUT2D eigenvalue weighted by Crippen LogP contribution is -2.40. The van der Waals surface area contributed by atoms with Crippen LogP contribution in [0.15, 0.2) is 47.4 Å². The second-order valence-corrected chi connectivity index (χ2v) is 9.41. The molecule has 0 atom stereocenters. The van der Waals surface area contributed by atoms with Gasteiger partial charge in [0, 0.05) is 13.1 Å². The van der Waals surface area contributed by atoms with Crippen molar-refractivity contribution in [3.63, 3.8) is 0 Å². The third kappa shape index (κ3) is 5.58. The van der Waals surface area contributed by atoms with Crippen molar-refractivity contribution >= 4 is 16.0 Å². The lowest BCUT2D eigenvalue weighted by Gasteiger charge is -2.30. The van der Waals surface area contributed by atoms with Crippen molar-refractivity contribution in [1.29, 1.82) is 0 Å². The van der Waals surface area contributed by atoms with Gasteiger partial charge in [-0.2, -0.15) is 4.31 Å². The average molecular weight is 436 g/mol. The standard InChI is InChI=1S/C22H26FNO5S/c1-16-13-17(2)15-20(14-16)28-11-12-29-22(25)18-7-9-24(10-8-18)30(26,27)21-5-3-19(23)4-6-21/h3-6,13-15,18H,7-12H2,1-2H3. The minimum absolute atomic E-state index is 0.0495. The van der Waals surface area contributed by atoms with E-state index in [2.05, 4.69) is 6.07 Å². The summed E-state index contributed by atoms with van der Waals surface area (Å²) in [5.41, 5.74) is 2.20. The van der Waals surface area contributed by atoms with Crippen LogP contribution in [0.4, 0.5) is 4.39 Å². The fourth-order valence-electron chi connectivity index (χ4n) is 3.52. The van der Waals surface area contributed by atoms with E-state index in [1.165, 1.54) is 16.4 Å². The summed E-state index contributed by atoms with van der Waals surface area (Å²) >= 11 is 0. The maximum atomic E-state index is 13.0. The van der Waals surface area contributed by atoms with E-state index < -0.39 is 15.8 Å². The molecule has 1 aliphatic rings. The van der Waals surface area contributed by atoms with Crippen LogP contribution in [0, 0.1) is 25.6 Å². The van der Waals surface area contributed by atoms with Gasteiger partial charge in [0.15, 0.2) is 0 Å². The number of rotatable bonds is 7. The molecule has 0 radical (unpaired) electrons. The van der Waals surface area contributed by atoms with Gasteiger partial charge in [-0.1, -0.05) is 6.07 Å². The predicted molar refractivity (Wildman–Crippen MR) is 110 cm³/mol. The molecule has 162 valence electrons. The summed E-state index contributed by atoms with van der Waals surface area (Å²) in [6.45, 7) is 4.81. The second kappa shape index (κ2) is 9.57. The van der Waals surface area contributed by atoms with Crippen molar-refractivity contribution in [3.8, 4) is 5.75 Å².